The van der Waals surface area contributed by atoms with E-state index < -0.39 is 40.3 Å². The van der Waals surface area contributed by atoms with E-state index in [0.717, 1.165) is 5.56 Å². The van der Waals surface area contributed by atoms with Gasteiger partial charge >= 0.3 is 6.18 Å². The predicted molar refractivity (Wildman–Crippen MR) is 99.4 cm³/mol. The van der Waals surface area contributed by atoms with Gasteiger partial charge in [0, 0.05) is 0 Å². The Bertz CT molecular complexity index is 891. The molecule has 0 aliphatic carbocycles. The number of hydrogen-bond acceptors (Lipinski definition) is 4. The zero-order valence-corrected chi connectivity index (χ0v) is 16.6. The molecule has 0 amide bonds. The number of aryl methyl sites for hydroxylation is 1. The Kier molecular flexibility index (Phi) is 6.28. The molecule has 1 unspecified atom stereocenters. The molecule has 8 heteroatoms. The summed E-state index contributed by atoms with van der Waals surface area (Å²) in [7, 11) is -4.45. The van der Waals surface area contributed by atoms with E-state index in [2.05, 4.69) is 4.18 Å². The molecule has 0 saturated heterocycles. The van der Waals surface area contributed by atoms with Crippen LogP contribution in [-0.4, -0.2) is 31.9 Å². The SMILES string of the molecule is Cc1ccc(S(=O)(=O)OCC(O)(CC(C)(C)c2ccccc2)C(F)(F)F)cc1. The van der Waals surface area contributed by atoms with Gasteiger partial charge in [0.25, 0.3) is 10.1 Å². The second-order valence-corrected chi connectivity index (χ2v) is 9.10. The number of alkyl halides is 3. The van der Waals surface area contributed by atoms with Crippen LogP contribution >= 0.6 is 0 Å². The third kappa shape index (κ3) is 5.12. The molecule has 4 nitrogen and oxygen atoms in total. The van der Waals surface area contributed by atoms with E-state index in [9.17, 15) is 26.7 Å². The number of halogens is 3. The number of rotatable bonds is 7. The van der Waals surface area contributed by atoms with Crippen LogP contribution in [0.4, 0.5) is 13.2 Å². The van der Waals surface area contributed by atoms with Crippen molar-refractivity contribution in [2.24, 2.45) is 0 Å². The fraction of sp³-hybridized carbons (Fsp3) is 0.400. The van der Waals surface area contributed by atoms with Crippen molar-refractivity contribution in [3.05, 3.63) is 65.7 Å². The highest BCUT2D eigenvalue weighted by Gasteiger charge is 2.57. The van der Waals surface area contributed by atoms with Crippen LogP contribution in [0.25, 0.3) is 0 Å². The van der Waals surface area contributed by atoms with Gasteiger partial charge in [-0.05, 0) is 36.5 Å². The third-order valence-corrected chi connectivity index (χ3v) is 5.86. The lowest BCUT2D eigenvalue weighted by atomic mass is 9.75. The summed E-state index contributed by atoms with van der Waals surface area (Å²) in [6.07, 6.45) is -5.85. The van der Waals surface area contributed by atoms with Gasteiger partial charge in [0.15, 0.2) is 5.60 Å². The van der Waals surface area contributed by atoms with Crippen molar-refractivity contribution in [1.29, 1.82) is 0 Å². The van der Waals surface area contributed by atoms with E-state index in [4.69, 9.17) is 0 Å². The minimum absolute atomic E-state index is 0.273. The summed E-state index contributed by atoms with van der Waals surface area (Å²) in [5.74, 6) is 0. The second-order valence-electron chi connectivity index (χ2n) is 7.49. The molecule has 0 aliphatic rings. The van der Waals surface area contributed by atoms with Crippen molar-refractivity contribution in [2.75, 3.05) is 6.61 Å². The molecule has 0 saturated carbocycles. The molecule has 2 rings (SSSR count). The smallest absolute Gasteiger partial charge is 0.379 e. The third-order valence-electron chi connectivity index (χ3n) is 4.58. The molecule has 0 spiro atoms. The Morgan fingerprint density at radius 2 is 1.50 bits per heavy atom. The van der Waals surface area contributed by atoms with Crippen LogP contribution in [0.3, 0.4) is 0 Å². The summed E-state index contributed by atoms with van der Waals surface area (Å²) in [5.41, 5.74) is -3.05. The Morgan fingerprint density at radius 1 is 0.964 bits per heavy atom. The Balaban J connectivity index is 2.27. The van der Waals surface area contributed by atoms with Crippen LogP contribution in [-0.2, 0) is 19.7 Å². The summed E-state index contributed by atoms with van der Waals surface area (Å²) in [6, 6.07) is 13.9. The fourth-order valence-electron chi connectivity index (χ4n) is 2.90. The van der Waals surface area contributed by atoms with Crippen LogP contribution in [0.15, 0.2) is 59.5 Å². The van der Waals surface area contributed by atoms with Gasteiger partial charge in [-0.15, -0.1) is 0 Å². The average Bonchev–Trinajstić information content (AvgIpc) is 2.60. The van der Waals surface area contributed by atoms with Gasteiger partial charge in [0.1, 0.15) is 6.61 Å². The fourth-order valence-corrected chi connectivity index (χ4v) is 3.86. The van der Waals surface area contributed by atoms with Gasteiger partial charge in [-0.3, -0.25) is 4.18 Å². The Hall–Kier alpha value is -1.90. The van der Waals surface area contributed by atoms with Crippen LogP contribution in [0, 0.1) is 6.92 Å². The first-order valence-corrected chi connectivity index (χ1v) is 9.98. The average molecular weight is 416 g/mol. The highest BCUT2D eigenvalue weighted by atomic mass is 32.2. The van der Waals surface area contributed by atoms with Crippen molar-refractivity contribution < 1.29 is 30.9 Å². The molecule has 1 atom stereocenters. The molecule has 0 aliphatic heterocycles. The summed E-state index contributed by atoms with van der Waals surface area (Å²) in [4.78, 5) is -0.273. The highest BCUT2D eigenvalue weighted by Crippen LogP contribution is 2.41. The van der Waals surface area contributed by atoms with E-state index in [1.54, 1.807) is 51.1 Å². The molecule has 2 aromatic carbocycles. The molecule has 0 radical (unpaired) electrons. The Morgan fingerprint density at radius 3 is 2.00 bits per heavy atom. The lowest BCUT2D eigenvalue weighted by molar-refractivity contribution is -0.274. The van der Waals surface area contributed by atoms with Crippen molar-refractivity contribution in [2.45, 2.75) is 49.3 Å². The van der Waals surface area contributed by atoms with Gasteiger partial charge < -0.3 is 5.11 Å². The lowest BCUT2D eigenvalue weighted by Crippen LogP contribution is -2.52. The van der Waals surface area contributed by atoms with Gasteiger partial charge in [0.05, 0.1) is 4.90 Å². The van der Waals surface area contributed by atoms with E-state index >= 15 is 0 Å². The van der Waals surface area contributed by atoms with Gasteiger partial charge in [-0.25, -0.2) is 0 Å². The van der Waals surface area contributed by atoms with Crippen molar-refractivity contribution in [3.63, 3.8) is 0 Å². The first kappa shape index (κ1) is 22.4. The topological polar surface area (TPSA) is 63.6 Å². The largest absolute Gasteiger partial charge is 0.419 e. The van der Waals surface area contributed by atoms with Gasteiger partial charge in [-0.1, -0.05) is 61.9 Å². The van der Waals surface area contributed by atoms with E-state index in [-0.39, 0.29) is 4.90 Å². The van der Waals surface area contributed by atoms with Crippen LogP contribution in [0.1, 0.15) is 31.4 Å². The van der Waals surface area contributed by atoms with Crippen molar-refractivity contribution in [3.8, 4) is 0 Å². The molecule has 1 N–H and O–H groups in total. The minimum Gasteiger partial charge on any atom is -0.379 e. The van der Waals surface area contributed by atoms with Crippen molar-refractivity contribution >= 4 is 10.1 Å². The summed E-state index contributed by atoms with van der Waals surface area (Å²) < 4.78 is 70.1. The molecular formula is C20H23F3O4S. The van der Waals surface area contributed by atoms with E-state index in [1.807, 2.05) is 0 Å². The standard InChI is InChI=1S/C20H23F3O4S/c1-15-9-11-17(12-10-15)28(25,26)27-14-19(24,20(21,22)23)13-18(2,3)16-7-5-4-6-8-16/h4-12,24H,13-14H2,1-3H3. The van der Waals surface area contributed by atoms with Crippen molar-refractivity contribution in [1.82, 2.24) is 0 Å². The van der Waals surface area contributed by atoms with Crippen LogP contribution in [0.5, 0.6) is 0 Å². The maximum atomic E-state index is 13.7. The molecule has 154 valence electrons. The normalized spacial score (nSPS) is 15.2. The highest BCUT2D eigenvalue weighted by molar-refractivity contribution is 7.86. The predicted octanol–water partition coefficient (Wildman–Crippen LogP) is 4.36. The number of aliphatic hydroxyl groups is 1. The van der Waals surface area contributed by atoms with Gasteiger partial charge in [0.2, 0.25) is 0 Å². The summed E-state index contributed by atoms with van der Waals surface area (Å²) in [6.45, 7) is 3.41. The van der Waals surface area contributed by atoms with E-state index in [0.29, 0.717) is 5.56 Å². The van der Waals surface area contributed by atoms with Crippen LogP contribution < -0.4 is 0 Å². The molecule has 2 aromatic rings. The number of benzene rings is 2. The quantitative estimate of drug-likeness (QED) is 0.681. The van der Waals surface area contributed by atoms with Crippen LogP contribution in [0.2, 0.25) is 0 Å². The second kappa shape index (κ2) is 7.85. The molecule has 0 aromatic heterocycles. The molecular weight excluding hydrogens is 393 g/mol. The first-order valence-electron chi connectivity index (χ1n) is 8.58. The maximum absolute atomic E-state index is 13.7. The molecule has 0 fully saturated rings. The summed E-state index contributed by atoms with van der Waals surface area (Å²) in [5, 5.41) is 10.4. The number of hydrogen-bond donors (Lipinski definition) is 1. The molecule has 0 bridgehead atoms. The zero-order chi connectivity index (χ0) is 21.2. The van der Waals surface area contributed by atoms with E-state index in [1.165, 1.54) is 24.3 Å². The summed E-state index contributed by atoms with van der Waals surface area (Å²) >= 11 is 0. The first-order chi connectivity index (χ1) is 12.8. The Labute approximate surface area is 163 Å². The maximum Gasteiger partial charge on any atom is 0.419 e. The lowest BCUT2D eigenvalue weighted by Gasteiger charge is -2.37. The molecule has 0 heterocycles. The minimum atomic E-state index is -5.08. The monoisotopic (exact) mass is 416 g/mol. The zero-order valence-electron chi connectivity index (χ0n) is 15.8. The van der Waals surface area contributed by atoms with Gasteiger partial charge in [-0.2, -0.15) is 21.6 Å². The molecule has 28 heavy (non-hydrogen) atoms.